The highest BCUT2D eigenvalue weighted by atomic mass is 79.9. The van der Waals surface area contributed by atoms with Crippen molar-refractivity contribution >= 4 is 27.8 Å². The van der Waals surface area contributed by atoms with Crippen molar-refractivity contribution in [1.29, 1.82) is 0 Å². The lowest BCUT2D eigenvalue weighted by Gasteiger charge is -2.30. The van der Waals surface area contributed by atoms with E-state index in [4.69, 9.17) is 4.74 Å². The summed E-state index contributed by atoms with van der Waals surface area (Å²) >= 11 is 3.12. The number of carbonyl (C=O) groups is 2. The number of benzene rings is 1. The fourth-order valence-corrected chi connectivity index (χ4v) is 3.28. The van der Waals surface area contributed by atoms with Crippen molar-refractivity contribution in [2.45, 2.75) is 51.7 Å². The predicted molar refractivity (Wildman–Crippen MR) is 88.5 cm³/mol. The minimum atomic E-state index is -0.895. The maximum absolute atomic E-state index is 13.1. The second-order valence-electron chi connectivity index (χ2n) is 6.05. The molecule has 1 aliphatic carbocycles. The second-order valence-corrected chi connectivity index (χ2v) is 6.90. The van der Waals surface area contributed by atoms with Gasteiger partial charge in [0.15, 0.2) is 6.10 Å². The molecule has 0 aliphatic heterocycles. The monoisotopic (exact) mass is 385 g/mol. The van der Waals surface area contributed by atoms with Gasteiger partial charge in [0.2, 0.25) is 0 Å². The van der Waals surface area contributed by atoms with E-state index in [-0.39, 0.29) is 17.5 Å². The second kappa shape index (κ2) is 7.90. The van der Waals surface area contributed by atoms with E-state index in [0.29, 0.717) is 10.4 Å². The summed E-state index contributed by atoms with van der Waals surface area (Å²) < 4.78 is 18.5. The van der Waals surface area contributed by atoms with Crippen LogP contribution in [0.1, 0.15) is 49.9 Å². The normalized spacial score (nSPS) is 22.3. The highest BCUT2D eigenvalue weighted by Crippen LogP contribution is 2.24. The van der Waals surface area contributed by atoms with Gasteiger partial charge in [-0.1, -0.05) is 19.8 Å². The number of hydrogen-bond acceptors (Lipinski definition) is 3. The van der Waals surface area contributed by atoms with Crippen LogP contribution >= 0.6 is 15.9 Å². The number of carbonyl (C=O) groups excluding carboxylic acids is 2. The molecule has 0 aromatic heterocycles. The van der Waals surface area contributed by atoms with E-state index >= 15 is 0 Å². The maximum Gasteiger partial charge on any atom is 0.340 e. The third kappa shape index (κ3) is 4.77. The molecular formula is C17H21BrFNO3. The number of esters is 1. The molecule has 0 saturated heterocycles. The third-order valence-electron chi connectivity index (χ3n) is 4.24. The molecule has 6 heteroatoms. The van der Waals surface area contributed by atoms with Crippen LogP contribution in [0.4, 0.5) is 4.39 Å². The SMILES string of the molecule is C[C@@H]1CCCC[C@@H]1NC(=O)[C@@H](C)OC(=O)c1ccc(F)cc1Br. The van der Waals surface area contributed by atoms with E-state index in [9.17, 15) is 14.0 Å². The van der Waals surface area contributed by atoms with E-state index in [0.717, 1.165) is 19.3 Å². The summed E-state index contributed by atoms with van der Waals surface area (Å²) in [5.74, 6) is -0.973. The summed E-state index contributed by atoms with van der Waals surface area (Å²) in [6.45, 7) is 3.66. The van der Waals surface area contributed by atoms with E-state index in [2.05, 4.69) is 28.2 Å². The molecule has 1 N–H and O–H groups in total. The Bertz CT molecular complexity index is 593. The summed E-state index contributed by atoms with van der Waals surface area (Å²) in [5, 5.41) is 2.96. The highest BCUT2D eigenvalue weighted by Gasteiger charge is 2.26. The molecule has 1 aromatic carbocycles. The van der Waals surface area contributed by atoms with Gasteiger partial charge < -0.3 is 10.1 Å². The van der Waals surface area contributed by atoms with Gasteiger partial charge in [-0.25, -0.2) is 9.18 Å². The number of ether oxygens (including phenoxy) is 1. The fraction of sp³-hybridized carbons (Fsp3) is 0.529. The summed E-state index contributed by atoms with van der Waals surface area (Å²) in [7, 11) is 0. The van der Waals surface area contributed by atoms with Crippen LogP contribution < -0.4 is 5.32 Å². The average molecular weight is 386 g/mol. The molecule has 126 valence electrons. The topological polar surface area (TPSA) is 55.4 Å². The van der Waals surface area contributed by atoms with Crippen LogP contribution in [0.2, 0.25) is 0 Å². The zero-order valence-corrected chi connectivity index (χ0v) is 14.9. The first-order valence-corrected chi connectivity index (χ1v) is 8.64. The van der Waals surface area contributed by atoms with Gasteiger partial charge in [0.1, 0.15) is 5.82 Å². The van der Waals surface area contributed by atoms with Gasteiger partial charge in [-0.15, -0.1) is 0 Å². The molecule has 2 rings (SSSR count). The first-order valence-electron chi connectivity index (χ1n) is 7.85. The molecule has 0 unspecified atom stereocenters. The van der Waals surface area contributed by atoms with Crippen LogP contribution in [0.25, 0.3) is 0 Å². The van der Waals surface area contributed by atoms with Crippen molar-refractivity contribution < 1.29 is 18.7 Å². The number of rotatable bonds is 4. The molecule has 0 heterocycles. The molecule has 1 amide bonds. The Balaban J connectivity index is 1.93. The summed E-state index contributed by atoms with van der Waals surface area (Å²) in [4.78, 5) is 24.3. The van der Waals surface area contributed by atoms with Gasteiger partial charge in [-0.2, -0.15) is 0 Å². The first-order chi connectivity index (χ1) is 10.9. The van der Waals surface area contributed by atoms with Crippen LogP contribution in [-0.2, 0) is 9.53 Å². The summed E-state index contributed by atoms with van der Waals surface area (Å²) in [5.41, 5.74) is 0.192. The lowest BCUT2D eigenvalue weighted by Crippen LogP contribution is -2.46. The van der Waals surface area contributed by atoms with Crippen molar-refractivity contribution in [3.05, 3.63) is 34.1 Å². The highest BCUT2D eigenvalue weighted by molar-refractivity contribution is 9.10. The maximum atomic E-state index is 13.1. The number of hydrogen-bond donors (Lipinski definition) is 1. The molecule has 1 aliphatic rings. The Hall–Kier alpha value is -1.43. The van der Waals surface area contributed by atoms with Gasteiger partial charge in [-0.3, -0.25) is 4.79 Å². The fourth-order valence-electron chi connectivity index (χ4n) is 2.76. The molecule has 23 heavy (non-hydrogen) atoms. The van der Waals surface area contributed by atoms with Crippen molar-refractivity contribution in [3.63, 3.8) is 0 Å². The third-order valence-corrected chi connectivity index (χ3v) is 4.90. The smallest absolute Gasteiger partial charge is 0.340 e. The van der Waals surface area contributed by atoms with E-state index in [1.54, 1.807) is 0 Å². The number of halogens is 2. The Labute approximate surface area is 143 Å². The van der Waals surface area contributed by atoms with Crippen LogP contribution in [0.5, 0.6) is 0 Å². The van der Waals surface area contributed by atoms with Crippen molar-refractivity contribution in [1.82, 2.24) is 5.32 Å². The van der Waals surface area contributed by atoms with Crippen LogP contribution in [0.15, 0.2) is 22.7 Å². The van der Waals surface area contributed by atoms with Gasteiger partial charge >= 0.3 is 5.97 Å². The molecule has 0 spiro atoms. The van der Waals surface area contributed by atoms with E-state index in [1.165, 1.54) is 31.5 Å². The van der Waals surface area contributed by atoms with Crippen molar-refractivity contribution in [3.8, 4) is 0 Å². The Morgan fingerprint density at radius 1 is 1.35 bits per heavy atom. The quantitative estimate of drug-likeness (QED) is 0.801. The number of amides is 1. The number of nitrogens with one attached hydrogen (secondary N) is 1. The minimum Gasteiger partial charge on any atom is -0.449 e. The molecule has 0 radical (unpaired) electrons. The largest absolute Gasteiger partial charge is 0.449 e. The van der Waals surface area contributed by atoms with Crippen LogP contribution in [0, 0.1) is 11.7 Å². The summed E-state index contributed by atoms with van der Waals surface area (Å²) in [6, 6.07) is 3.83. The van der Waals surface area contributed by atoms with E-state index < -0.39 is 17.9 Å². The zero-order chi connectivity index (χ0) is 17.0. The van der Waals surface area contributed by atoms with Crippen molar-refractivity contribution in [2.75, 3.05) is 0 Å². The molecule has 1 aromatic rings. The van der Waals surface area contributed by atoms with Crippen LogP contribution in [-0.4, -0.2) is 24.0 Å². The van der Waals surface area contributed by atoms with Crippen molar-refractivity contribution in [2.24, 2.45) is 5.92 Å². The Morgan fingerprint density at radius 3 is 2.70 bits per heavy atom. The average Bonchev–Trinajstić information content (AvgIpc) is 2.49. The minimum absolute atomic E-state index is 0.134. The molecule has 1 fully saturated rings. The van der Waals surface area contributed by atoms with E-state index in [1.807, 2.05) is 0 Å². The predicted octanol–water partition coefficient (Wildman–Crippen LogP) is 3.83. The summed E-state index contributed by atoms with van der Waals surface area (Å²) in [6.07, 6.45) is 3.45. The van der Waals surface area contributed by atoms with Gasteiger partial charge in [0, 0.05) is 10.5 Å². The van der Waals surface area contributed by atoms with Gasteiger partial charge in [-0.05, 0) is 59.8 Å². The Kier molecular flexibility index (Phi) is 6.16. The molecule has 4 nitrogen and oxygen atoms in total. The standard InChI is InChI=1S/C17H21BrFNO3/c1-10-5-3-4-6-15(10)20-16(21)11(2)23-17(22)13-8-7-12(19)9-14(13)18/h7-11,15H,3-6H2,1-2H3,(H,20,21)/t10-,11-,15+/m1/s1. The van der Waals surface area contributed by atoms with Gasteiger partial charge in [0.05, 0.1) is 5.56 Å². The first kappa shape index (κ1) is 17.9. The van der Waals surface area contributed by atoms with Crippen LogP contribution in [0.3, 0.4) is 0 Å². The lowest BCUT2D eigenvalue weighted by molar-refractivity contribution is -0.130. The lowest BCUT2D eigenvalue weighted by atomic mass is 9.86. The molecule has 0 bridgehead atoms. The molecule has 1 saturated carbocycles. The Morgan fingerprint density at radius 2 is 2.04 bits per heavy atom. The molecular weight excluding hydrogens is 365 g/mol. The molecule has 3 atom stereocenters. The zero-order valence-electron chi connectivity index (χ0n) is 13.3. The van der Waals surface area contributed by atoms with Gasteiger partial charge in [0.25, 0.3) is 5.91 Å².